The fraction of sp³-hybridized carbons (Fsp3) is 0.529. The monoisotopic (exact) mass is 321 g/mol. The Bertz CT molecular complexity index is 518. The predicted molar refractivity (Wildman–Crippen MR) is 91.8 cm³/mol. The molecule has 0 aliphatic carbocycles. The molecule has 0 heterocycles. The summed E-state index contributed by atoms with van der Waals surface area (Å²) in [6.07, 6.45) is 0.869. The van der Waals surface area contributed by atoms with Gasteiger partial charge in [-0.1, -0.05) is 12.1 Å². The summed E-state index contributed by atoms with van der Waals surface area (Å²) in [5, 5.41) is 2.84. The maximum atomic E-state index is 12.1. The second-order valence-corrected chi connectivity index (χ2v) is 5.51. The first-order valence-corrected chi connectivity index (χ1v) is 7.87. The molecule has 0 aliphatic rings. The van der Waals surface area contributed by atoms with Crippen LogP contribution in [0.25, 0.3) is 0 Å². The van der Waals surface area contributed by atoms with Crippen molar-refractivity contribution in [2.75, 3.05) is 45.2 Å². The molecular formula is C17H27N3O3. The molecule has 128 valence electrons. The van der Waals surface area contributed by atoms with Crippen LogP contribution in [0.1, 0.15) is 20.3 Å². The zero-order valence-electron chi connectivity index (χ0n) is 14.5. The summed E-state index contributed by atoms with van der Waals surface area (Å²) in [7, 11) is 3.98. The van der Waals surface area contributed by atoms with Crippen molar-refractivity contribution in [3.8, 4) is 5.75 Å². The van der Waals surface area contributed by atoms with Crippen LogP contribution in [-0.2, 0) is 9.59 Å². The second kappa shape index (κ2) is 9.84. The number of hydrogen-bond acceptors (Lipinski definition) is 4. The van der Waals surface area contributed by atoms with Crippen LogP contribution in [-0.4, -0.2) is 57.1 Å². The average Bonchev–Trinajstić information content (AvgIpc) is 2.50. The third-order valence-corrected chi connectivity index (χ3v) is 3.24. The van der Waals surface area contributed by atoms with Crippen LogP contribution < -0.4 is 15.0 Å². The van der Waals surface area contributed by atoms with Gasteiger partial charge in [0.15, 0.2) is 0 Å². The highest BCUT2D eigenvalue weighted by Crippen LogP contribution is 2.28. The molecule has 23 heavy (non-hydrogen) atoms. The molecule has 1 aromatic carbocycles. The normalized spacial score (nSPS) is 10.5. The number of anilines is 1. The van der Waals surface area contributed by atoms with Gasteiger partial charge in [-0.25, -0.2) is 0 Å². The molecule has 6 heteroatoms. The Kier molecular flexibility index (Phi) is 8.11. The number of carbonyl (C=O) groups excluding carboxylic acids is 2. The number of ether oxygens (including phenoxy) is 1. The van der Waals surface area contributed by atoms with Gasteiger partial charge in [0.1, 0.15) is 12.3 Å². The maximum Gasteiger partial charge on any atom is 0.240 e. The van der Waals surface area contributed by atoms with Crippen LogP contribution >= 0.6 is 0 Å². The van der Waals surface area contributed by atoms with Gasteiger partial charge in [0.2, 0.25) is 11.8 Å². The highest BCUT2D eigenvalue weighted by Gasteiger charge is 2.19. The zero-order chi connectivity index (χ0) is 17.2. The zero-order valence-corrected chi connectivity index (χ0v) is 14.5. The van der Waals surface area contributed by atoms with E-state index in [0.29, 0.717) is 24.6 Å². The third kappa shape index (κ3) is 6.69. The van der Waals surface area contributed by atoms with Crippen molar-refractivity contribution < 1.29 is 14.3 Å². The molecule has 0 bridgehead atoms. The van der Waals surface area contributed by atoms with Crippen LogP contribution in [0.15, 0.2) is 24.3 Å². The molecule has 0 spiro atoms. The number of benzene rings is 1. The summed E-state index contributed by atoms with van der Waals surface area (Å²) >= 11 is 0. The SMILES string of the molecule is CCOc1ccccc1N(CC(=O)NCCCN(C)C)C(C)=O. The largest absolute Gasteiger partial charge is 0.492 e. The van der Waals surface area contributed by atoms with Crippen molar-refractivity contribution in [2.24, 2.45) is 0 Å². The fourth-order valence-corrected chi connectivity index (χ4v) is 2.15. The Morgan fingerprint density at radius 2 is 1.91 bits per heavy atom. The second-order valence-electron chi connectivity index (χ2n) is 5.51. The Morgan fingerprint density at radius 3 is 2.52 bits per heavy atom. The summed E-state index contributed by atoms with van der Waals surface area (Å²) in [5.41, 5.74) is 0.616. The smallest absolute Gasteiger partial charge is 0.240 e. The first-order valence-electron chi connectivity index (χ1n) is 7.87. The highest BCUT2D eigenvalue weighted by molar-refractivity contribution is 5.98. The van der Waals surface area contributed by atoms with Crippen LogP contribution in [0.3, 0.4) is 0 Å². The third-order valence-electron chi connectivity index (χ3n) is 3.24. The van der Waals surface area contributed by atoms with Crippen molar-refractivity contribution in [3.63, 3.8) is 0 Å². The summed E-state index contributed by atoms with van der Waals surface area (Å²) in [6, 6.07) is 7.24. The van der Waals surface area contributed by atoms with E-state index in [9.17, 15) is 9.59 Å². The quantitative estimate of drug-likeness (QED) is 0.700. The minimum atomic E-state index is -0.194. The van der Waals surface area contributed by atoms with Crippen LogP contribution in [0, 0.1) is 0 Å². The van der Waals surface area contributed by atoms with E-state index < -0.39 is 0 Å². The summed E-state index contributed by atoms with van der Waals surface area (Å²) in [6.45, 7) is 5.31. The molecule has 0 fully saturated rings. The molecule has 0 atom stereocenters. The van der Waals surface area contributed by atoms with Gasteiger partial charge in [0.05, 0.1) is 12.3 Å². The molecular weight excluding hydrogens is 294 g/mol. The lowest BCUT2D eigenvalue weighted by Gasteiger charge is -2.23. The van der Waals surface area contributed by atoms with Crippen molar-refractivity contribution >= 4 is 17.5 Å². The molecule has 0 saturated heterocycles. The van der Waals surface area contributed by atoms with E-state index >= 15 is 0 Å². The van der Waals surface area contributed by atoms with Gasteiger partial charge in [-0.3, -0.25) is 14.5 Å². The molecule has 2 amide bonds. The highest BCUT2D eigenvalue weighted by atomic mass is 16.5. The number of hydrogen-bond donors (Lipinski definition) is 1. The standard InChI is InChI=1S/C17H27N3O3/c1-5-23-16-10-7-6-9-15(16)20(14(2)21)13-17(22)18-11-8-12-19(3)4/h6-7,9-10H,5,8,11-13H2,1-4H3,(H,18,22). The van der Waals surface area contributed by atoms with E-state index in [1.54, 1.807) is 12.1 Å². The molecule has 6 nitrogen and oxygen atoms in total. The summed E-state index contributed by atoms with van der Waals surface area (Å²) < 4.78 is 5.54. The minimum absolute atomic E-state index is 0.0125. The molecule has 0 aromatic heterocycles. The first-order chi connectivity index (χ1) is 11.0. The van der Waals surface area contributed by atoms with E-state index in [1.807, 2.05) is 33.2 Å². The van der Waals surface area contributed by atoms with E-state index in [1.165, 1.54) is 11.8 Å². The Balaban J connectivity index is 2.69. The summed E-state index contributed by atoms with van der Waals surface area (Å²) in [5.74, 6) is 0.233. The Hall–Kier alpha value is -2.08. The van der Waals surface area contributed by atoms with Crippen LogP contribution in [0.2, 0.25) is 0 Å². The molecule has 0 saturated carbocycles. The van der Waals surface area contributed by atoms with Gasteiger partial charge >= 0.3 is 0 Å². The fourth-order valence-electron chi connectivity index (χ4n) is 2.15. The van der Waals surface area contributed by atoms with E-state index in [2.05, 4.69) is 10.2 Å². The van der Waals surface area contributed by atoms with Crippen molar-refractivity contribution in [1.82, 2.24) is 10.2 Å². The number of nitrogens with zero attached hydrogens (tertiary/aromatic N) is 2. The van der Waals surface area contributed by atoms with E-state index in [0.717, 1.165) is 13.0 Å². The lowest BCUT2D eigenvalue weighted by atomic mass is 10.2. The first kappa shape index (κ1) is 19.0. The van der Waals surface area contributed by atoms with Gasteiger partial charge in [0.25, 0.3) is 0 Å². The maximum absolute atomic E-state index is 12.1. The van der Waals surface area contributed by atoms with Gasteiger partial charge in [0, 0.05) is 13.5 Å². The topological polar surface area (TPSA) is 61.9 Å². The lowest BCUT2D eigenvalue weighted by Crippen LogP contribution is -2.40. The molecule has 0 aliphatic heterocycles. The minimum Gasteiger partial charge on any atom is -0.492 e. The number of nitrogens with one attached hydrogen (secondary N) is 1. The van der Waals surface area contributed by atoms with Gasteiger partial charge in [-0.05, 0) is 46.1 Å². The summed E-state index contributed by atoms with van der Waals surface area (Å²) in [4.78, 5) is 27.5. The van der Waals surface area contributed by atoms with Gasteiger partial charge in [-0.15, -0.1) is 0 Å². The number of carbonyl (C=O) groups is 2. The van der Waals surface area contributed by atoms with E-state index in [-0.39, 0.29) is 18.4 Å². The van der Waals surface area contributed by atoms with Crippen LogP contribution in [0.4, 0.5) is 5.69 Å². The lowest BCUT2D eigenvalue weighted by molar-refractivity contribution is -0.123. The molecule has 1 rings (SSSR count). The Labute approximate surface area is 138 Å². The molecule has 0 unspecified atom stereocenters. The average molecular weight is 321 g/mol. The predicted octanol–water partition coefficient (Wildman–Crippen LogP) is 1.51. The van der Waals surface area contributed by atoms with Crippen molar-refractivity contribution in [3.05, 3.63) is 24.3 Å². The van der Waals surface area contributed by atoms with E-state index in [4.69, 9.17) is 4.74 Å². The molecule has 0 radical (unpaired) electrons. The number of rotatable bonds is 9. The molecule has 1 aromatic rings. The number of amides is 2. The van der Waals surface area contributed by atoms with Gasteiger partial charge in [-0.2, -0.15) is 0 Å². The van der Waals surface area contributed by atoms with Crippen molar-refractivity contribution in [2.45, 2.75) is 20.3 Å². The van der Waals surface area contributed by atoms with Gasteiger partial charge < -0.3 is 15.0 Å². The van der Waals surface area contributed by atoms with Crippen molar-refractivity contribution in [1.29, 1.82) is 0 Å². The number of para-hydroxylation sites is 2. The van der Waals surface area contributed by atoms with Crippen LogP contribution in [0.5, 0.6) is 5.75 Å². The molecule has 1 N–H and O–H groups in total. The Morgan fingerprint density at radius 1 is 1.22 bits per heavy atom.